The quantitative estimate of drug-likeness (QED) is 0.888. The van der Waals surface area contributed by atoms with Gasteiger partial charge in [0.1, 0.15) is 5.75 Å². The number of rotatable bonds is 5. The molecule has 1 N–H and O–H groups in total. The Labute approximate surface area is 130 Å². The van der Waals surface area contributed by atoms with Crippen molar-refractivity contribution in [2.24, 2.45) is 0 Å². The minimum atomic E-state index is 0.258. The Morgan fingerprint density at radius 3 is 2.95 bits per heavy atom. The Morgan fingerprint density at radius 2 is 2.20 bits per heavy atom. The molecule has 0 bridgehead atoms. The zero-order valence-electron chi connectivity index (χ0n) is 12.5. The molecule has 1 saturated heterocycles. The van der Waals surface area contributed by atoms with E-state index in [1.54, 1.807) is 0 Å². The molecular formula is C16H25BrN2O. The highest BCUT2D eigenvalue weighted by Gasteiger charge is 2.11. The van der Waals surface area contributed by atoms with Gasteiger partial charge in [0.25, 0.3) is 0 Å². The van der Waals surface area contributed by atoms with Gasteiger partial charge in [-0.15, -0.1) is 0 Å². The summed E-state index contributed by atoms with van der Waals surface area (Å²) in [5, 5.41) is 3.44. The molecule has 0 spiro atoms. The summed E-state index contributed by atoms with van der Waals surface area (Å²) in [6, 6.07) is 6.46. The van der Waals surface area contributed by atoms with Gasteiger partial charge in [-0.1, -0.05) is 13.0 Å². The van der Waals surface area contributed by atoms with Gasteiger partial charge in [-0.3, -0.25) is 4.90 Å². The largest absolute Gasteiger partial charge is 0.490 e. The van der Waals surface area contributed by atoms with Gasteiger partial charge in [-0.25, -0.2) is 0 Å². The molecule has 0 aliphatic carbocycles. The number of hydrogen-bond donors (Lipinski definition) is 1. The molecule has 1 aromatic carbocycles. The van der Waals surface area contributed by atoms with Crippen LogP contribution in [-0.4, -0.2) is 37.2 Å². The second-order valence-electron chi connectivity index (χ2n) is 5.48. The molecule has 1 aliphatic rings. The Hall–Kier alpha value is -0.580. The Morgan fingerprint density at radius 1 is 1.35 bits per heavy atom. The summed E-state index contributed by atoms with van der Waals surface area (Å²) in [6.45, 7) is 9.80. The lowest BCUT2D eigenvalue weighted by Gasteiger charge is -2.20. The molecule has 0 amide bonds. The zero-order valence-corrected chi connectivity index (χ0v) is 14.1. The van der Waals surface area contributed by atoms with Crippen LogP contribution < -0.4 is 10.1 Å². The Bertz CT molecular complexity index is 417. The number of halogens is 1. The van der Waals surface area contributed by atoms with Crippen molar-refractivity contribution in [2.45, 2.75) is 39.3 Å². The molecule has 0 radical (unpaired) electrons. The van der Waals surface area contributed by atoms with Gasteiger partial charge in [-0.05, 0) is 66.5 Å². The third-order valence-corrected chi connectivity index (χ3v) is 4.36. The van der Waals surface area contributed by atoms with Crippen LogP contribution in [0.1, 0.15) is 32.3 Å². The summed E-state index contributed by atoms with van der Waals surface area (Å²) in [5.41, 5.74) is 1.34. The molecule has 112 valence electrons. The maximum Gasteiger partial charge on any atom is 0.133 e. The minimum absolute atomic E-state index is 0.258. The van der Waals surface area contributed by atoms with Crippen molar-refractivity contribution in [3.05, 3.63) is 28.2 Å². The average Bonchev–Trinajstić information content (AvgIpc) is 2.70. The number of hydrogen-bond acceptors (Lipinski definition) is 3. The second-order valence-corrected chi connectivity index (χ2v) is 6.34. The lowest BCUT2D eigenvalue weighted by atomic mass is 10.2. The van der Waals surface area contributed by atoms with Crippen molar-refractivity contribution in [3.8, 4) is 5.75 Å². The van der Waals surface area contributed by atoms with Crippen molar-refractivity contribution >= 4 is 15.9 Å². The van der Waals surface area contributed by atoms with E-state index in [0.29, 0.717) is 0 Å². The van der Waals surface area contributed by atoms with Crippen molar-refractivity contribution in [1.82, 2.24) is 10.2 Å². The van der Waals surface area contributed by atoms with E-state index in [1.807, 2.05) is 0 Å². The van der Waals surface area contributed by atoms with Gasteiger partial charge in [0.05, 0.1) is 10.6 Å². The van der Waals surface area contributed by atoms with Gasteiger partial charge in [0, 0.05) is 19.6 Å². The molecule has 20 heavy (non-hydrogen) atoms. The third kappa shape index (κ3) is 4.76. The summed E-state index contributed by atoms with van der Waals surface area (Å²) >= 11 is 3.63. The lowest BCUT2D eigenvalue weighted by molar-refractivity contribution is 0.216. The molecule has 4 heteroatoms. The first-order chi connectivity index (χ1) is 9.69. The maximum absolute atomic E-state index is 5.89. The highest BCUT2D eigenvalue weighted by molar-refractivity contribution is 9.10. The second kappa shape index (κ2) is 8.01. The maximum atomic E-state index is 5.89. The summed E-state index contributed by atoms with van der Waals surface area (Å²) < 4.78 is 6.95. The fourth-order valence-corrected chi connectivity index (χ4v) is 2.88. The van der Waals surface area contributed by atoms with Crippen molar-refractivity contribution < 1.29 is 4.74 Å². The van der Waals surface area contributed by atoms with E-state index in [1.165, 1.54) is 18.5 Å². The van der Waals surface area contributed by atoms with Crippen LogP contribution in [0, 0.1) is 0 Å². The van der Waals surface area contributed by atoms with E-state index in [9.17, 15) is 0 Å². The van der Waals surface area contributed by atoms with E-state index in [4.69, 9.17) is 4.74 Å². The standard InChI is InChI=1S/C16H25BrN2O/c1-3-13(2)20-16-6-5-14(11-15(16)17)12-19-9-4-7-18-8-10-19/h5-6,11,13,18H,3-4,7-10,12H2,1-2H3. The Kier molecular flexibility index (Phi) is 6.33. The van der Waals surface area contributed by atoms with E-state index < -0.39 is 0 Å². The van der Waals surface area contributed by atoms with Gasteiger partial charge in [0.15, 0.2) is 0 Å². The van der Waals surface area contributed by atoms with E-state index >= 15 is 0 Å². The van der Waals surface area contributed by atoms with Crippen LogP contribution in [0.2, 0.25) is 0 Å². The van der Waals surface area contributed by atoms with Crippen molar-refractivity contribution in [1.29, 1.82) is 0 Å². The topological polar surface area (TPSA) is 24.5 Å². The van der Waals surface area contributed by atoms with Crippen LogP contribution in [0.4, 0.5) is 0 Å². The molecule has 1 aliphatic heterocycles. The van der Waals surface area contributed by atoms with Crippen LogP contribution in [0.25, 0.3) is 0 Å². The molecule has 1 unspecified atom stereocenters. The number of nitrogens with zero attached hydrogens (tertiary/aromatic N) is 1. The predicted octanol–water partition coefficient (Wildman–Crippen LogP) is 3.42. The van der Waals surface area contributed by atoms with E-state index in [2.05, 4.69) is 58.2 Å². The first-order valence-corrected chi connectivity index (χ1v) is 8.36. The van der Waals surface area contributed by atoms with Crippen LogP contribution in [0.5, 0.6) is 5.75 Å². The molecule has 1 heterocycles. The molecule has 1 fully saturated rings. The zero-order chi connectivity index (χ0) is 14.4. The molecule has 3 nitrogen and oxygen atoms in total. The van der Waals surface area contributed by atoms with Gasteiger partial charge in [0.2, 0.25) is 0 Å². The van der Waals surface area contributed by atoms with Crippen LogP contribution >= 0.6 is 15.9 Å². The number of nitrogens with one attached hydrogen (secondary N) is 1. The first kappa shape index (κ1) is 15.8. The van der Waals surface area contributed by atoms with Gasteiger partial charge < -0.3 is 10.1 Å². The Balaban J connectivity index is 1.97. The molecule has 1 aromatic rings. The molecular weight excluding hydrogens is 316 g/mol. The van der Waals surface area contributed by atoms with E-state index in [0.717, 1.165) is 42.8 Å². The molecule has 0 aromatic heterocycles. The first-order valence-electron chi connectivity index (χ1n) is 7.57. The SMILES string of the molecule is CCC(C)Oc1ccc(CN2CCCNCC2)cc1Br. The number of ether oxygens (including phenoxy) is 1. The minimum Gasteiger partial charge on any atom is -0.490 e. The van der Waals surface area contributed by atoms with Gasteiger partial charge in [-0.2, -0.15) is 0 Å². The lowest BCUT2D eigenvalue weighted by Crippen LogP contribution is -2.27. The fraction of sp³-hybridized carbons (Fsp3) is 0.625. The average molecular weight is 341 g/mol. The normalized spacial score (nSPS) is 18.6. The smallest absolute Gasteiger partial charge is 0.133 e. The van der Waals surface area contributed by atoms with Crippen molar-refractivity contribution in [3.63, 3.8) is 0 Å². The van der Waals surface area contributed by atoms with Crippen LogP contribution in [0.15, 0.2) is 22.7 Å². The molecule has 0 saturated carbocycles. The molecule has 2 rings (SSSR count). The van der Waals surface area contributed by atoms with Crippen LogP contribution in [-0.2, 0) is 6.54 Å². The highest BCUT2D eigenvalue weighted by atomic mass is 79.9. The predicted molar refractivity (Wildman–Crippen MR) is 87.3 cm³/mol. The molecule has 1 atom stereocenters. The van der Waals surface area contributed by atoms with Crippen LogP contribution in [0.3, 0.4) is 0 Å². The summed E-state index contributed by atoms with van der Waals surface area (Å²) in [4.78, 5) is 2.51. The monoisotopic (exact) mass is 340 g/mol. The number of benzene rings is 1. The van der Waals surface area contributed by atoms with E-state index in [-0.39, 0.29) is 6.10 Å². The van der Waals surface area contributed by atoms with Crippen molar-refractivity contribution in [2.75, 3.05) is 26.2 Å². The highest BCUT2D eigenvalue weighted by Crippen LogP contribution is 2.27. The van der Waals surface area contributed by atoms with Gasteiger partial charge >= 0.3 is 0 Å². The summed E-state index contributed by atoms with van der Waals surface area (Å²) in [7, 11) is 0. The summed E-state index contributed by atoms with van der Waals surface area (Å²) in [6.07, 6.45) is 2.51. The third-order valence-electron chi connectivity index (χ3n) is 3.74. The fourth-order valence-electron chi connectivity index (χ4n) is 2.36. The summed E-state index contributed by atoms with van der Waals surface area (Å²) in [5.74, 6) is 0.945.